The molecule has 1 saturated carbocycles. The van der Waals surface area contributed by atoms with E-state index >= 15 is 0 Å². The predicted octanol–water partition coefficient (Wildman–Crippen LogP) is 4.78. The summed E-state index contributed by atoms with van der Waals surface area (Å²) in [5.41, 5.74) is 1.62. The van der Waals surface area contributed by atoms with Crippen molar-refractivity contribution in [2.75, 3.05) is 21.7 Å². The van der Waals surface area contributed by atoms with E-state index in [-0.39, 0.29) is 35.3 Å². The summed E-state index contributed by atoms with van der Waals surface area (Å²) < 4.78 is 10.6. The zero-order chi connectivity index (χ0) is 26.2. The minimum Gasteiger partial charge on any atom is -0.467 e. The summed E-state index contributed by atoms with van der Waals surface area (Å²) in [4.78, 5) is 41.0. The molecule has 1 aliphatic rings. The molecule has 1 atom stereocenters. The number of anilines is 2. The summed E-state index contributed by atoms with van der Waals surface area (Å²) in [5.74, 6) is 0.443. The highest BCUT2D eigenvalue weighted by molar-refractivity contribution is 8.00. The zero-order valence-electron chi connectivity index (χ0n) is 21.1. The van der Waals surface area contributed by atoms with Crippen molar-refractivity contribution in [2.24, 2.45) is 0 Å². The molecule has 2 aromatic heterocycles. The molecule has 0 spiro atoms. The maximum atomic E-state index is 13.6. The third-order valence-corrected chi connectivity index (χ3v) is 7.12. The lowest BCUT2D eigenvalue weighted by Crippen LogP contribution is -2.47. The van der Waals surface area contributed by atoms with E-state index in [2.05, 4.69) is 15.8 Å². The predicted molar refractivity (Wildman–Crippen MR) is 142 cm³/mol. The van der Waals surface area contributed by atoms with Crippen LogP contribution in [-0.4, -0.2) is 40.4 Å². The summed E-state index contributed by atoms with van der Waals surface area (Å²) in [6, 6.07) is 11.6. The summed E-state index contributed by atoms with van der Waals surface area (Å²) in [5, 5.41) is 9.54. The zero-order valence-corrected chi connectivity index (χ0v) is 21.9. The summed E-state index contributed by atoms with van der Waals surface area (Å²) in [6.45, 7) is 3.69. The number of benzene rings is 1. The van der Waals surface area contributed by atoms with Gasteiger partial charge < -0.3 is 19.6 Å². The maximum Gasteiger partial charge on any atom is 0.251 e. The van der Waals surface area contributed by atoms with Crippen molar-refractivity contribution in [3.8, 4) is 0 Å². The molecule has 3 amide bonds. The smallest absolute Gasteiger partial charge is 0.251 e. The average Bonchev–Trinajstić information content (AvgIpc) is 3.55. The quantitative estimate of drug-likeness (QED) is 0.392. The lowest BCUT2D eigenvalue weighted by molar-refractivity contribution is -0.127. The van der Waals surface area contributed by atoms with Gasteiger partial charge in [-0.05, 0) is 51.0 Å². The second-order valence-electron chi connectivity index (χ2n) is 9.22. The van der Waals surface area contributed by atoms with E-state index in [1.54, 1.807) is 25.1 Å². The number of carbonyl (C=O) groups excluding carboxylic acids is 3. The Bertz CT molecular complexity index is 1190. The Kier molecular flexibility index (Phi) is 9.05. The molecule has 0 saturated heterocycles. The largest absolute Gasteiger partial charge is 0.467 e. The van der Waals surface area contributed by atoms with E-state index in [1.165, 1.54) is 17.6 Å². The number of nitrogens with one attached hydrogen (secondary N) is 2. The Morgan fingerprint density at radius 2 is 1.84 bits per heavy atom. The van der Waals surface area contributed by atoms with Crippen LogP contribution in [-0.2, 0) is 14.4 Å². The molecule has 196 valence electrons. The van der Waals surface area contributed by atoms with Crippen molar-refractivity contribution in [1.82, 2.24) is 10.5 Å². The number of aryl methyl sites for hydroxylation is 2. The Morgan fingerprint density at radius 3 is 2.49 bits per heavy atom. The standard InChI is InChI=1S/C27H32N4O5S/c1-18-10-12-21(13-11-18)31(25(33)17-37-16-24(32)29-23-15-19(2)36-30-23)26(22-9-6-14-35-22)27(34)28-20-7-4-3-5-8-20/h6,9-15,20,26H,3-5,7-8,16-17H2,1-2H3,(H,28,34)(H,29,30,32). The van der Waals surface area contributed by atoms with E-state index in [1.807, 2.05) is 31.2 Å². The van der Waals surface area contributed by atoms with Crippen LogP contribution in [0.25, 0.3) is 0 Å². The molecule has 0 bridgehead atoms. The highest BCUT2D eigenvalue weighted by atomic mass is 32.2. The first kappa shape index (κ1) is 26.5. The van der Waals surface area contributed by atoms with Crippen molar-refractivity contribution in [3.05, 3.63) is 65.8 Å². The van der Waals surface area contributed by atoms with E-state index in [0.717, 1.165) is 43.0 Å². The van der Waals surface area contributed by atoms with E-state index in [9.17, 15) is 14.4 Å². The van der Waals surface area contributed by atoms with Crippen LogP contribution in [0.1, 0.15) is 55.2 Å². The third kappa shape index (κ3) is 7.25. The Hall–Kier alpha value is -3.53. The van der Waals surface area contributed by atoms with Gasteiger partial charge in [-0.15, -0.1) is 11.8 Å². The molecule has 1 aliphatic carbocycles. The molecule has 0 aliphatic heterocycles. The van der Waals surface area contributed by atoms with Gasteiger partial charge in [0.2, 0.25) is 11.8 Å². The minimum atomic E-state index is -0.973. The number of hydrogen-bond acceptors (Lipinski definition) is 7. The second-order valence-corrected chi connectivity index (χ2v) is 10.2. The second kappa shape index (κ2) is 12.6. The minimum absolute atomic E-state index is 0.00689. The van der Waals surface area contributed by atoms with Gasteiger partial charge >= 0.3 is 0 Å². The highest BCUT2D eigenvalue weighted by Gasteiger charge is 2.35. The number of furan rings is 1. The summed E-state index contributed by atoms with van der Waals surface area (Å²) >= 11 is 1.16. The molecule has 2 heterocycles. The number of thioether (sulfide) groups is 1. The molecule has 3 aromatic rings. The van der Waals surface area contributed by atoms with Crippen molar-refractivity contribution in [1.29, 1.82) is 0 Å². The summed E-state index contributed by atoms with van der Waals surface area (Å²) in [6.07, 6.45) is 6.66. The molecule has 1 unspecified atom stereocenters. The van der Waals surface area contributed by atoms with Gasteiger partial charge in [0.25, 0.3) is 5.91 Å². The van der Waals surface area contributed by atoms with Gasteiger partial charge in [-0.2, -0.15) is 0 Å². The molecule has 4 rings (SSSR count). The van der Waals surface area contributed by atoms with Gasteiger partial charge in [0.15, 0.2) is 11.9 Å². The van der Waals surface area contributed by atoms with E-state index in [4.69, 9.17) is 8.94 Å². The Morgan fingerprint density at radius 1 is 1.08 bits per heavy atom. The van der Waals surface area contributed by atoms with E-state index < -0.39 is 6.04 Å². The number of carbonyl (C=O) groups is 3. The van der Waals surface area contributed by atoms with Gasteiger partial charge in [0.1, 0.15) is 11.5 Å². The average molecular weight is 525 g/mol. The third-order valence-electron chi connectivity index (χ3n) is 6.21. The normalized spacial score (nSPS) is 14.6. The number of rotatable bonds is 10. The molecule has 10 heteroatoms. The molecule has 37 heavy (non-hydrogen) atoms. The van der Waals surface area contributed by atoms with Crippen LogP contribution < -0.4 is 15.5 Å². The van der Waals surface area contributed by atoms with Crippen LogP contribution in [0, 0.1) is 13.8 Å². The van der Waals surface area contributed by atoms with Crippen molar-refractivity contribution in [3.63, 3.8) is 0 Å². The Labute approximate surface area is 220 Å². The summed E-state index contributed by atoms with van der Waals surface area (Å²) in [7, 11) is 0. The molecule has 2 N–H and O–H groups in total. The fourth-order valence-corrected chi connectivity index (χ4v) is 5.07. The van der Waals surface area contributed by atoms with Crippen LogP contribution >= 0.6 is 11.8 Å². The van der Waals surface area contributed by atoms with Crippen molar-refractivity contribution in [2.45, 2.75) is 58.0 Å². The first-order valence-corrected chi connectivity index (χ1v) is 13.6. The Balaban J connectivity index is 1.51. The number of aromatic nitrogens is 1. The molecular formula is C27H32N4O5S. The number of hydrogen-bond donors (Lipinski definition) is 2. The van der Waals surface area contributed by atoms with Crippen molar-refractivity contribution < 1.29 is 23.3 Å². The van der Waals surface area contributed by atoms with Crippen LogP contribution in [0.3, 0.4) is 0 Å². The number of amides is 3. The SMILES string of the molecule is Cc1ccc(N(C(=O)CSCC(=O)Nc2cc(C)on2)C(C(=O)NC2CCCCC2)c2ccco2)cc1. The van der Waals surface area contributed by atoms with Crippen molar-refractivity contribution >= 4 is 41.0 Å². The maximum absolute atomic E-state index is 13.6. The van der Waals surface area contributed by atoms with Crippen LogP contribution in [0.15, 0.2) is 57.7 Å². The fourth-order valence-electron chi connectivity index (χ4n) is 4.39. The monoisotopic (exact) mass is 524 g/mol. The lowest BCUT2D eigenvalue weighted by Gasteiger charge is -2.32. The van der Waals surface area contributed by atoms with Gasteiger partial charge in [-0.1, -0.05) is 42.1 Å². The molecule has 0 radical (unpaired) electrons. The van der Waals surface area contributed by atoms with E-state index in [0.29, 0.717) is 23.0 Å². The van der Waals surface area contributed by atoms with Gasteiger partial charge in [-0.3, -0.25) is 19.3 Å². The molecule has 9 nitrogen and oxygen atoms in total. The fraction of sp³-hybridized carbons (Fsp3) is 0.407. The number of nitrogens with zero attached hydrogens (tertiary/aromatic N) is 2. The molecular weight excluding hydrogens is 492 g/mol. The van der Waals surface area contributed by atoms with Crippen LogP contribution in [0.4, 0.5) is 11.5 Å². The topological polar surface area (TPSA) is 118 Å². The highest BCUT2D eigenvalue weighted by Crippen LogP contribution is 2.30. The van der Waals surface area contributed by atoms with Crippen LogP contribution in [0.5, 0.6) is 0 Å². The first-order valence-electron chi connectivity index (χ1n) is 12.4. The molecule has 1 aromatic carbocycles. The lowest BCUT2D eigenvalue weighted by atomic mass is 9.95. The van der Waals surface area contributed by atoms with Gasteiger partial charge in [-0.25, -0.2) is 0 Å². The molecule has 1 fully saturated rings. The first-order chi connectivity index (χ1) is 17.9. The van der Waals surface area contributed by atoms with Gasteiger partial charge in [0.05, 0.1) is 17.8 Å². The van der Waals surface area contributed by atoms with Crippen LogP contribution in [0.2, 0.25) is 0 Å². The van der Waals surface area contributed by atoms with Gasteiger partial charge in [0, 0.05) is 17.8 Å².